The van der Waals surface area contributed by atoms with Crippen molar-refractivity contribution in [3.05, 3.63) is 53.8 Å². The Bertz CT molecular complexity index is 644. The van der Waals surface area contributed by atoms with Gasteiger partial charge in [-0.1, -0.05) is 25.1 Å². The molecule has 0 amide bonds. The van der Waals surface area contributed by atoms with Crippen molar-refractivity contribution < 1.29 is 13.9 Å². The van der Waals surface area contributed by atoms with Crippen molar-refractivity contribution in [1.82, 2.24) is 0 Å². The zero-order valence-corrected chi connectivity index (χ0v) is 11.7. The molecule has 0 fully saturated rings. The third kappa shape index (κ3) is 3.51. The lowest BCUT2D eigenvalue weighted by Gasteiger charge is -2.14. The van der Waals surface area contributed by atoms with Crippen molar-refractivity contribution in [3.63, 3.8) is 0 Å². The minimum Gasteiger partial charge on any atom is -0.490 e. The second kappa shape index (κ2) is 6.74. The highest BCUT2D eigenvalue weighted by Crippen LogP contribution is 2.33. The molecule has 0 unspecified atom stereocenters. The summed E-state index contributed by atoms with van der Waals surface area (Å²) < 4.78 is 25.1. The Hall–Kier alpha value is -2.56. The number of hydrogen-bond donors (Lipinski definition) is 2. The van der Waals surface area contributed by atoms with E-state index in [1.165, 1.54) is 12.1 Å². The predicted molar refractivity (Wildman–Crippen MR) is 79.7 cm³/mol. The lowest BCUT2D eigenvalue weighted by atomic mass is 10.1. The molecule has 3 N–H and O–H groups in total. The maximum absolute atomic E-state index is 13.8. The lowest BCUT2D eigenvalue weighted by Crippen LogP contribution is -2.14. The summed E-state index contributed by atoms with van der Waals surface area (Å²) in [7, 11) is 0. The van der Waals surface area contributed by atoms with Gasteiger partial charge < -0.3 is 15.2 Å². The van der Waals surface area contributed by atoms with Gasteiger partial charge in [-0.15, -0.1) is 0 Å². The van der Waals surface area contributed by atoms with E-state index in [0.717, 1.165) is 6.42 Å². The van der Waals surface area contributed by atoms with Crippen LogP contribution < -0.4 is 15.2 Å². The largest absolute Gasteiger partial charge is 0.490 e. The molecule has 0 heterocycles. The van der Waals surface area contributed by atoms with E-state index in [1.807, 2.05) is 13.0 Å². The van der Waals surface area contributed by atoms with E-state index in [0.29, 0.717) is 18.1 Å². The molecule has 2 aromatic rings. The Labute approximate surface area is 122 Å². The molecule has 110 valence electrons. The Balaban J connectivity index is 2.35. The Kier molecular flexibility index (Phi) is 4.77. The van der Waals surface area contributed by atoms with Crippen LogP contribution in [0.2, 0.25) is 0 Å². The molecule has 21 heavy (non-hydrogen) atoms. The molecule has 0 saturated heterocycles. The van der Waals surface area contributed by atoms with Crippen molar-refractivity contribution in [2.45, 2.75) is 13.3 Å². The minimum atomic E-state index is -0.591. The van der Waals surface area contributed by atoms with Gasteiger partial charge in [-0.3, -0.25) is 5.41 Å². The quantitative estimate of drug-likeness (QED) is 0.629. The first-order valence-corrected chi connectivity index (χ1v) is 6.66. The second-order valence-corrected chi connectivity index (χ2v) is 4.42. The number of benzene rings is 2. The average molecular weight is 288 g/mol. The van der Waals surface area contributed by atoms with Gasteiger partial charge in [-0.05, 0) is 30.7 Å². The smallest absolute Gasteiger partial charge is 0.169 e. The monoisotopic (exact) mass is 288 g/mol. The van der Waals surface area contributed by atoms with E-state index in [2.05, 4.69) is 0 Å². The van der Waals surface area contributed by atoms with Crippen molar-refractivity contribution in [2.24, 2.45) is 5.73 Å². The highest BCUT2D eigenvalue weighted by Gasteiger charge is 2.15. The lowest BCUT2D eigenvalue weighted by molar-refractivity contribution is 0.302. The molecule has 0 spiro atoms. The molecular weight excluding hydrogens is 271 g/mol. The van der Waals surface area contributed by atoms with Gasteiger partial charge in [0.15, 0.2) is 11.5 Å². The Morgan fingerprint density at radius 1 is 1.10 bits per heavy atom. The zero-order valence-electron chi connectivity index (χ0n) is 11.7. The Morgan fingerprint density at radius 2 is 1.76 bits per heavy atom. The van der Waals surface area contributed by atoms with Crippen LogP contribution in [-0.2, 0) is 0 Å². The van der Waals surface area contributed by atoms with Gasteiger partial charge >= 0.3 is 0 Å². The van der Waals surface area contributed by atoms with Crippen molar-refractivity contribution in [3.8, 4) is 17.2 Å². The van der Waals surface area contributed by atoms with Crippen molar-refractivity contribution in [2.75, 3.05) is 6.61 Å². The van der Waals surface area contributed by atoms with Crippen LogP contribution in [0.1, 0.15) is 18.9 Å². The number of nitrogens with one attached hydrogen (secondary N) is 1. The highest BCUT2D eigenvalue weighted by molar-refractivity contribution is 5.98. The van der Waals surface area contributed by atoms with Gasteiger partial charge in [0, 0.05) is 0 Å². The van der Waals surface area contributed by atoms with Crippen LogP contribution in [0.4, 0.5) is 4.39 Å². The summed E-state index contributed by atoms with van der Waals surface area (Å²) in [5, 5.41) is 7.47. The normalized spacial score (nSPS) is 10.2. The van der Waals surface area contributed by atoms with Crippen LogP contribution in [-0.4, -0.2) is 12.4 Å². The van der Waals surface area contributed by atoms with Crippen LogP contribution in [0.5, 0.6) is 17.2 Å². The molecule has 0 aliphatic rings. The van der Waals surface area contributed by atoms with Gasteiger partial charge in [0.05, 0.1) is 12.2 Å². The molecule has 0 aliphatic carbocycles. The van der Waals surface area contributed by atoms with E-state index in [1.54, 1.807) is 24.3 Å². The van der Waals surface area contributed by atoms with Gasteiger partial charge in [0.25, 0.3) is 0 Å². The predicted octanol–water partition coefficient (Wildman–Crippen LogP) is 3.69. The summed E-state index contributed by atoms with van der Waals surface area (Å²) in [6.45, 7) is 2.56. The molecule has 5 heteroatoms. The summed E-state index contributed by atoms with van der Waals surface area (Å²) in [6.07, 6.45) is 0.868. The molecule has 0 bridgehead atoms. The third-order valence-corrected chi connectivity index (χ3v) is 2.78. The van der Waals surface area contributed by atoms with E-state index < -0.39 is 5.82 Å². The number of amidine groups is 1. The fraction of sp³-hybridized carbons (Fsp3) is 0.188. The highest BCUT2D eigenvalue weighted by atomic mass is 19.1. The standard InChI is InChI=1S/C16H17FN2O2/c1-2-10-20-12-7-3-4-8-13(12)21-14-9-5-6-11(17)15(14)16(18)19/h3-9H,2,10H2,1H3,(H3,18,19). The Morgan fingerprint density at radius 3 is 2.43 bits per heavy atom. The van der Waals surface area contributed by atoms with E-state index >= 15 is 0 Å². The van der Waals surface area contributed by atoms with E-state index in [9.17, 15) is 4.39 Å². The second-order valence-electron chi connectivity index (χ2n) is 4.42. The van der Waals surface area contributed by atoms with Crippen LogP contribution in [0.25, 0.3) is 0 Å². The average Bonchev–Trinajstić information content (AvgIpc) is 2.46. The van der Waals surface area contributed by atoms with Crippen LogP contribution in [0, 0.1) is 11.2 Å². The molecule has 2 aromatic carbocycles. The fourth-order valence-corrected chi connectivity index (χ4v) is 1.83. The summed E-state index contributed by atoms with van der Waals surface area (Å²) >= 11 is 0. The molecule has 0 radical (unpaired) electrons. The summed E-state index contributed by atoms with van der Waals surface area (Å²) in [6, 6.07) is 11.4. The minimum absolute atomic E-state index is 0.0530. The van der Waals surface area contributed by atoms with Crippen LogP contribution >= 0.6 is 0 Å². The molecule has 0 atom stereocenters. The SMILES string of the molecule is CCCOc1ccccc1Oc1cccc(F)c1C(=N)N. The number of rotatable bonds is 6. The molecule has 2 rings (SSSR count). The molecular formula is C16H17FN2O2. The number of hydrogen-bond acceptors (Lipinski definition) is 3. The molecule has 0 aromatic heterocycles. The summed E-state index contributed by atoms with van der Waals surface area (Å²) in [5.41, 5.74) is 5.37. The van der Waals surface area contributed by atoms with Gasteiger partial charge in [-0.2, -0.15) is 0 Å². The van der Waals surface area contributed by atoms with Crippen molar-refractivity contribution >= 4 is 5.84 Å². The first-order chi connectivity index (χ1) is 10.1. The molecule has 4 nitrogen and oxygen atoms in total. The number of halogens is 1. The number of nitrogen functional groups attached to an aromatic ring is 1. The van der Waals surface area contributed by atoms with Crippen molar-refractivity contribution in [1.29, 1.82) is 5.41 Å². The first kappa shape index (κ1) is 14.8. The van der Waals surface area contributed by atoms with Gasteiger partial charge in [-0.25, -0.2) is 4.39 Å². The van der Waals surface area contributed by atoms with E-state index in [-0.39, 0.29) is 17.1 Å². The number of nitrogens with two attached hydrogens (primary N) is 1. The fourth-order valence-electron chi connectivity index (χ4n) is 1.83. The van der Waals surface area contributed by atoms with E-state index in [4.69, 9.17) is 20.6 Å². The van der Waals surface area contributed by atoms with Gasteiger partial charge in [0.2, 0.25) is 0 Å². The number of ether oxygens (including phenoxy) is 2. The topological polar surface area (TPSA) is 68.3 Å². The van der Waals surface area contributed by atoms with Crippen LogP contribution in [0.3, 0.4) is 0 Å². The maximum Gasteiger partial charge on any atom is 0.169 e. The summed E-state index contributed by atoms with van der Waals surface area (Å²) in [4.78, 5) is 0. The summed E-state index contributed by atoms with van der Waals surface area (Å²) in [5.74, 6) is 0.245. The first-order valence-electron chi connectivity index (χ1n) is 6.66. The third-order valence-electron chi connectivity index (χ3n) is 2.78. The number of para-hydroxylation sites is 2. The van der Waals surface area contributed by atoms with Gasteiger partial charge in [0.1, 0.15) is 17.4 Å². The molecule has 0 saturated carbocycles. The maximum atomic E-state index is 13.8. The molecule has 0 aliphatic heterocycles. The zero-order chi connectivity index (χ0) is 15.2. The van der Waals surface area contributed by atoms with Crippen LogP contribution in [0.15, 0.2) is 42.5 Å².